The zero-order valence-corrected chi connectivity index (χ0v) is 15.2. The van der Waals surface area contributed by atoms with Gasteiger partial charge in [0.25, 0.3) is 0 Å². The van der Waals surface area contributed by atoms with Crippen molar-refractivity contribution in [3.05, 3.63) is 59.7 Å². The van der Waals surface area contributed by atoms with Crippen LogP contribution in [0.2, 0.25) is 0 Å². The number of nitrogens with one attached hydrogen (secondary N) is 2. The molecule has 1 aliphatic rings. The minimum absolute atomic E-state index is 0.00835. The monoisotopic (exact) mass is 354 g/mol. The van der Waals surface area contributed by atoms with Crippen LogP contribution in [0.5, 0.6) is 11.5 Å². The fraction of sp³-hybridized carbons (Fsp3) is 0.381. The Morgan fingerprint density at radius 2 is 1.88 bits per heavy atom. The Morgan fingerprint density at radius 3 is 2.62 bits per heavy atom. The van der Waals surface area contributed by atoms with Crippen molar-refractivity contribution in [3.63, 3.8) is 0 Å². The summed E-state index contributed by atoms with van der Waals surface area (Å²) in [5.41, 5.74) is 2.08. The fourth-order valence-corrected chi connectivity index (χ4v) is 2.65. The second-order valence-electron chi connectivity index (χ2n) is 6.61. The molecule has 0 aromatic heterocycles. The van der Waals surface area contributed by atoms with Crippen LogP contribution < -0.4 is 20.1 Å². The maximum atomic E-state index is 11.9. The molecule has 0 atom stereocenters. The summed E-state index contributed by atoms with van der Waals surface area (Å²) in [5, 5.41) is 6.11. The minimum atomic E-state index is 0.00835. The summed E-state index contributed by atoms with van der Waals surface area (Å²) in [6.07, 6.45) is 2.57. The summed E-state index contributed by atoms with van der Waals surface area (Å²) in [7, 11) is 1.62. The molecule has 0 spiro atoms. The topological polar surface area (TPSA) is 59.6 Å². The van der Waals surface area contributed by atoms with Gasteiger partial charge in [-0.25, -0.2) is 0 Å². The molecule has 1 amide bonds. The van der Waals surface area contributed by atoms with Crippen LogP contribution in [0, 0.1) is 5.92 Å². The van der Waals surface area contributed by atoms with E-state index in [4.69, 9.17) is 9.47 Å². The molecular formula is C21H26N2O3. The molecule has 1 saturated carbocycles. The van der Waals surface area contributed by atoms with Gasteiger partial charge in [0.2, 0.25) is 5.91 Å². The number of rotatable bonds is 10. The zero-order chi connectivity index (χ0) is 18.2. The van der Waals surface area contributed by atoms with Crippen LogP contribution >= 0.6 is 0 Å². The third-order valence-corrected chi connectivity index (χ3v) is 4.37. The Kier molecular flexibility index (Phi) is 6.50. The van der Waals surface area contributed by atoms with E-state index >= 15 is 0 Å². The van der Waals surface area contributed by atoms with E-state index in [1.54, 1.807) is 7.11 Å². The molecule has 26 heavy (non-hydrogen) atoms. The highest BCUT2D eigenvalue weighted by Crippen LogP contribution is 2.29. The smallest absolute Gasteiger partial charge is 0.234 e. The Morgan fingerprint density at radius 1 is 1.08 bits per heavy atom. The first-order chi connectivity index (χ1) is 12.7. The number of hydrogen-bond acceptors (Lipinski definition) is 4. The number of ether oxygens (including phenoxy) is 2. The van der Waals surface area contributed by atoms with Gasteiger partial charge in [-0.15, -0.1) is 0 Å². The van der Waals surface area contributed by atoms with Gasteiger partial charge in [0.15, 0.2) is 11.5 Å². The largest absolute Gasteiger partial charge is 0.493 e. The molecule has 0 bridgehead atoms. The number of hydrogen-bond donors (Lipinski definition) is 2. The number of benzene rings is 2. The van der Waals surface area contributed by atoms with Gasteiger partial charge >= 0.3 is 0 Å². The highest BCUT2D eigenvalue weighted by Gasteiger charge is 2.20. The number of amides is 1. The highest BCUT2D eigenvalue weighted by molar-refractivity contribution is 5.78. The Balaban J connectivity index is 1.48. The maximum absolute atomic E-state index is 11.9. The summed E-state index contributed by atoms with van der Waals surface area (Å²) in [4.78, 5) is 11.9. The molecule has 1 aliphatic carbocycles. The molecular weight excluding hydrogens is 328 g/mol. The minimum Gasteiger partial charge on any atom is -0.493 e. The molecule has 0 unspecified atom stereocenters. The molecule has 0 heterocycles. The summed E-state index contributed by atoms with van der Waals surface area (Å²) in [5.74, 6) is 2.14. The van der Waals surface area contributed by atoms with Crippen molar-refractivity contribution in [2.75, 3.05) is 20.2 Å². The van der Waals surface area contributed by atoms with Crippen LogP contribution in [0.4, 0.5) is 0 Å². The lowest BCUT2D eigenvalue weighted by Gasteiger charge is -2.13. The predicted octanol–water partition coefficient (Wildman–Crippen LogP) is 2.89. The number of carbonyl (C=O) groups is 1. The second-order valence-corrected chi connectivity index (χ2v) is 6.61. The van der Waals surface area contributed by atoms with Gasteiger partial charge in [0.05, 0.1) is 13.7 Å². The van der Waals surface area contributed by atoms with Crippen molar-refractivity contribution in [1.82, 2.24) is 10.6 Å². The fourth-order valence-electron chi connectivity index (χ4n) is 2.65. The highest BCUT2D eigenvalue weighted by atomic mass is 16.5. The second kappa shape index (κ2) is 9.25. The zero-order valence-electron chi connectivity index (χ0n) is 15.2. The van der Waals surface area contributed by atoms with E-state index in [9.17, 15) is 4.79 Å². The number of methoxy groups -OCH3 is 1. The van der Waals surface area contributed by atoms with Gasteiger partial charge in [0.1, 0.15) is 6.61 Å². The molecule has 5 heteroatoms. The SMILES string of the molecule is COc1cc(CNC(=O)CNCC2CC2)ccc1OCc1ccccc1. The number of carbonyl (C=O) groups excluding carboxylic acids is 1. The van der Waals surface area contributed by atoms with E-state index in [0.29, 0.717) is 31.2 Å². The molecule has 0 saturated heterocycles. The van der Waals surface area contributed by atoms with Crippen LogP contribution in [0.3, 0.4) is 0 Å². The standard InChI is InChI=1S/C21H26N2O3/c1-25-20-11-18(13-23-21(24)14-22-12-16-7-8-16)9-10-19(20)26-15-17-5-3-2-4-6-17/h2-6,9-11,16,22H,7-8,12-15H2,1H3,(H,23,24). The van der Waals surface area contributed by atoms with E-state index < -0.39 is 0 Å². The molecule has 1 fully saturated rings. The van der Waals surface area contributed by atoms with Crippen LogP contribution in [-0.4, -0.2) is 26.1 Å². The molecule has 5 nitrogen and oxygen atoms in total. The lowest BCUT2D eigenvalue weighted by molar-refractivity contribution is -0.120. The van der Waals surface area contributed by atoms with Gasteiger partial charge in [-0.05, 0) is 48.6 Å². The van der Waals surface area contributed by atoms with E-state index in [-0.39, 0.29) is 5.91 Å². The normalized spacial score (nSPS) is 13.3. The third kappa shape index (κ3) is 5.77. The summed E-state index contributed by atoms with van der Waals surface area (Å²) in [6.45, 7) is 2.26. The molecule has 0 radical (unpaired) electrons. The molecule has 2 N–H and O–H groups in total. The van der Waals surface area contributed by atoms with Crippen molar-refractivity contribution in [3.8, 4) is 11.5 Å². The Bertz CT molecular complexity index is 714. The van der Waals surface area contributed by atoms with Crippen LogP contribution in [0.15, 0.2) is 48.5 Å². The lowest BCUT2D eigenvalue weighted by Crippen LogP contribution is -2.34. The first-order valence-corrected chi connectivity index (χ1v) is 9.05. The van der Waals surface area contributed by atoms with Crippen molar-refractivity contribution in [2.24, 2.45) is 5.92 Å². The van der Waals surface area contributed by atoms with Gasteiger partial charge in [-0.2, -0.15) is 0 Å². The summed E-state index contributed by atoms with van der Waals surface area (Å²) in [6, 6.07) is 15.7. The van der Waals surface area contributed by atoms with Crippen molar-refractivity contribution >= 4 is 5.91 Å². The van der Waals surface area contributed by atoms with Crippen LogP contribution in [0.1, 0.15) is 24.0 Å². The Labute approximate surface area is 154 Å². The lowest BCUT2D eigenvalue weighted by atomic mass is 10.2. The predicted molar refractivity (Wildman–Crippen MR) is 101 cm³/mol. The maximum Gasteiger partial charge on any atom is 0.234 e. The third-order valence-electron chi connectivity index (χ3n) is 4.37. The average molecular weight is 354 g/mol. The van der Waals surface area contributed by atoms with Crippen molar-refractivity contribution in [2.45, 2.75) is 26.0 Å². The Hall–Kier alpha value is -2.53. The van der Waals surface area contributed by atoms with E-state index in [2.05, 4.69) is 10.6 Å². The van der Waals surface area contributed by atoms with E-state index in [1.165, 1.54) is 12.8 Å². The van der Waals surface area contributed by atoms with Gasteiger partial charge < -0.3 is 20.1 Å². The van der Waals surface area contributed by atoms with E-state index in [0.717, 1.165) is 23.6 Å². The summed E-state index contributed by atoms with van der Waals surface area (Å²) < 4.78 is 11.3. The molecule has 2 aromatic rings. The quantitative estimate of drug-likeness (QED) is 0.689. The molecule has 0 aliphatic heterocycles. The first kappa shape index (κ1) is 18.3. The van der Waals surface area contributed by atoms with Gasteiger partial charge in [-0.1, -0.05) is 36.4 Å². The van der Waals surface area contributed by atoms with Gasteiger partial charge in [0, 0.05) is 6.54 Å². The van der Waals surface area contributed by atoms with Crippen molar-refractivity contribution < 1.29 is 14.3 Å². The van der Waals surface area contributed by atoms with Gasteiger partial charge in [-0.3, -0.25) is 4.79 Å². The van der Waals surface area contributed by atoms with Crippen molar-refractivity contribution in [1.29, 1.82) is 0 Å². The average Bonchev–Trinajstić information content (AvgIpc) is 3.50. The molecule has 3 rings (SSSR count). The molecule has 138 valence electrons. The first-order valence-electron chi connectivity index (χ1n) is 9.05. The van der Waals surface area contributed by atoms with Crippen LogP contribution in [-0.2, 0) is 17.9 Å². The van der Waals surface area contributed by atoms with Crippen LogP contribution in [0.25, 0.3) is 0 Å². The molecule has 2 aromatic carbocycles. The van der Waals surface area contributed by atoms with E-state index in [1.807, 2.05) is 48.5 Å². The summed E-state index contributed by atoms with van der Waals surface area (Å²) >= 11 is 0.